The summed E-state index contributed by atoms with van der Waals surface area (Å²) >= 11 is 0. The molecule has 2 heteroatoms. The van der Waals surface area contributed by atoms with Crippen molar-refractivity contribution in [1.82, 2.24) is 0 Å². The largest absolute Gasteiger partial charge is 0.396 e. The van der Waals surface area contributed by atoms with Crippen LogP contribution in [-0.4, -0.2) is 17.8 Å². The van der Waals surface area contributed by atoms with Crippen molar-refractivity contribution in [1.29, 1.82) is 0 Å². The van der Waals surface area contributed by atoms with Crippen LogP contribution in [-0.2, 0) is 0 Å². The van der Waals surface area contributed by atoms with E-state index >= 15 is 0 Å². The Bertz CT molecular complexity index is 163. The second-order valence-corrected chi connectivity index (χ2v) is 4.74. The van der Waals surface area contributed by atoms with E-state index in [-0.39, 0.29) is 18.1 Å². The Morgan fingerprint density at radius 1 is 1.58 bits per heavy atom. The zero-order valence-electron chi connectivity index (χ0n) is 8.43. The highest BCUT2D eigenvalue weighted by Gasteiger charge is 2.53. The van der Waals surface area contributed by atoms with Crippen molar-refractivity contribution in [3.05, 3.63) is 0 Å². The van der Waals surface area contributed by atoms with E-state index in [0.29, 0.717) is 5.41 Å². The predicted molar refractivity (Wildman–Crippen MR) is 50.8 cm³/mol. The van der Waals surface area contributed by atoms with Crippen LogP contribution in [0.4, 0.5) is 0 Å². The average molecular weight is 171 g/mol. The lowest BCUT2D eigenvalue weighted by molar-refractivity contribution is 0.0940. The maximum Gasteiger partial charge on any atom is 0.0437 e. The maximum absolute atomic E-state index is 8.99. The highest BCUT2D eigenvalue weighted by molar-refractivity contribution is 5.05. The van der Waals surface area contributed by atoms with Gasteiger partial charge in [-0.2, -0.15) is 0 Å². The van der Waals surface area contributed by atoms with Gasteiger partial charge in [0.2, 0.25) is 0 Å². The highest BCUT2D eigenvalue weighted by atomic mass is 16.3. The number of hydrogen-bond donors (Lipinski definition) is 2. The van der Waals surface area contributed by atoms with Gasteiger partial charge in [0.15, 0.2) is 0 Å². The van der Waals surface area contributed by atoms with Crippen LogP contribution < -0.4 is 5.73 Å². The van der Waals surface area contributed by atoms with Gasteiger partial charge in [-0.3, -0.25) is 0 Å². The molecule has 1 aliphatic carbocycles. The van der Waals surface area contributed by atoms with Crippen LogP contribution in [0, 0.1) is 10.8 Å². The summed E-state index contributed by atoms with van der Waals surface area (Å²) in [6.45, 7) is 6.81. The van der Waals surface area contributed by atoms with Gasteiger partial charge < -0.3 is 10.8 Å². The molecular formula is C10H21NO. The molecule has 0 saturated heterocycles. The number of aliphatic hydroxyl groups excluding tert-OH is 1. The zero-order valence-corrected chi connectivity index (χ0v) is 8.43. The SMILES string of the molecule is CC(N)C(C)(CCO)C1(C)CC1. The maximum atomic E-state index is 8.99. The van der Waals surface area contributed by atoms with Crippen molar-refractivity contribution in [2.75, 3.05) is 6.61 Å². The molecule has 3 N–H and O–H groups in total. The fourth-order valence-corrected chi connectivity index (χ4v) is 2.07. The zero-order chi connectivity index (χ0) is 9.41. The molecular weight excluding hydrogens is 150 g/mol. The Hall–Kier alpha value is -0.0800. The minimum absolute atomic E-state index is 0.127. The van der Waals surface area contributed by atoms with Gasteiger partial charge in [-0.05, 0) is 37.0 Å². The summed E-state index contributed by atoms with van der Waals surface area (Å²) in [6, 6.07) is 0.178. The van der Waals surface area contributed by atoms with E-state index in [0.717, 1.165) is 6.42 Å². The molecule has 2 unspecified atom stereocenters. The summed E-state index contributed by atoms with van der Waals surface area (Å²) in [5.41, 5.74) is 6.49. The van der Waals surface area contributed by atoms with Crippen molar-refractivity contribution in [2.24, 2.45) is 16.6 Å². The van der Waals surface area contributed by atoms with Crippen molar-refractivity contribution in [3.8, 4) is 0 Å². The molecule has 0 aromatic heterocycles. The minimum atomic E-state index is 0.127. The summed E-state index contributed by atoms with van der Waals surface area (Å²) in [4.78, 5) is 0. The quantitative estimate of drug-likeness (QED) is 0.673. The molecule has 0 spiro atoms. The Labute approximate surface area is 75.2 Å². The Kier molecular flexibility index (Phi) is 2.50. The van der Waals surface area contributed by atoms with Crippen LogP contribution in [0.15, 0.2) is 0 Å². The number of rotatable bonds is 4. The molecule has 0 bridgehead atoms. The van der Waals surface area contributed by atoms with Gasteiger partial charge in [-0.15, -0.1) is 0 Å². The molecule has 0 aliphatic heterocycles. The standard InChI is InChI=1S/C10H21NO/c1-8(11)10(3,6-7-12)9(2)4-5-9/h8,12H,4-7,11H2,1-3H3. The van der Waals surface area contributed by atoms with Crippen molar-refractivity contribution < 1.29 is 5.11 Å². The van der Waals surface area contributed by atoms with Gasteiger partial charge >= 0.3 is 0 Å². The van der Waals surface area contributed by atoms with Crippen molar-refractivity contribution in [2.45, 2.75) is 46.1 Å². The molecule has 12 heavy (non-hydrogen) atoms. The van der Waals surface area contributed by atoms with E-state index in [1.165, 1.54) is 12.8 Å². The molecule has 0 aromatic carbocycles. The fraction of sp³-hybridized carbons (Fsp3) is 1.00. The molecule has 0 amide bonds. The summed E-state index contributed by atoms with van der Waals surface area (Å²) in [6.07, 6.45) is 3.37. The second-order valence-electron chi connectivity index (χ2n) is 4.74. The topological polar surface area (TPSA) is 46.2 Å². The first-order chi connectivity index (χ1) is 5.46. The van der Waals surface area contributed by atoms with E-state index in [2.05, 4.69) is 20.8 Å². The fourth-order valence-electron chi connectivity index (χ4n) is 2.07. The van der Waals surface area contributed by atoms with Gasteiger partial charge in [0.1, 0.15) is 0 Å². The molecule has 2 nitrogen and oxygen atoms in total. The first-order valence-corrected chi connectivity index (χ1v) is 4.83. The third kappa shape index (κ3) is 1.38. The van der Waals surface area contributed by atoms with Crippen molar-refractivity contribution in [3.63, 3.8) is 0 Å². The molecule has 0 radical (unpaired) electrons. The van der Waals surface area contributed by atoms with Crippen LogP contribution in [0.1, 0.15) is 40.0 Å². The summed E-state index contributed by atoms with van der Waals surface area (Å²) in [7, 11) is 0. The molecule has 1 fully saturated rings. The highest BCUT2D eigenvalue weighted by Crippen LogP contribution is 2.60. The smallest absolute Gasteiger partial charge is 0.0437 e. The normalized spacial score (nSPS) is 27.8. The van der Waals surface area contributed by atoms with Gasteiger partial charge in [-0.1, -0.05) is 13.8 Å². The Morgan fingerprint density at radius 2 is 2.08 bits per heavy atom. The number of nitrogens with two attached hydrogens (primary N) is 1. The molecule has 1 saturated carbocycles. The first kappa shape index (κ1) is 10.0. The van der Waals surface area contributed by atoms with Crippen LogP contribution in [0.2, 0.25) is 0 Å². The Morgan fingerprint density at radius 3 is 2.33 bits per heavy atom. The number of hydrogen-bond acceptors (Lipinski definition) is 2. The van der Waals surface area contributed by atoms with Gasteiger partial charge in [-0.25, -0.2) is 0 Å². The third-order valence-corrected chi connectivity index (χ3v) is 4.01. The first-order valence-electron chi connectivity index (χ1n) is 4.83. The minimum Gasteiger partial charge on any atom is -0.396 e. The van der Waals surface area contributed by atoms with E-state index in [4.69, 9.17) is 10.8 Å². The summed E-state index contributed by atoms with van der Waals surface area (Å²) in [5.74, 6) is 0. The lowest BCUT2D eigenvalue weighted by Gasteiger charge is -2.39. The Balaban J connectivity index is 2.71. The summed E-state index contributed by atoms with van der Waals surface area (Å²) in [5, 5.41) is 8.99. The second kappa shape index (κ2) is 3.00. The van der Waals surface area contributed by atoms with Crippen LogP contribution >= 0.6 is 0 Å². The third-order valence-electron chi connectivity index (χ3n) is 4.01. The average Bonchev–Trinajstić information content (AvgIpc) is 2.69. The van der Waals surface area contributed by atoms with E-state index in [9.17, 15) is 0 Å². The lowest BCUT2D eigenvalue weighted by atomic mass is 9.68. The number of aliphatic hydroxyl groups is 1. The van der Waals surface area contributed by atoms with Crippen molar-refractivity contribution >= 4 is 0 Å². The molecule has 0 heterocycles. The van der Waals surface area contributed by atoms with Gasteiger partial charge in [0.25, 0.3) is 0 Å². The van der Waals surface area contributed by atoms with Crippen LogP contribution in [0.5, 0.6) is 0 Å². The molecule has 1 rings (SSSR count). The van der Waals surface area contributed by atoms with E-state index in [1.54, 1.807) is 0 Å². The monoisotopic (exact) mass is 171 g/mol. The molecule has 2 atom stereocenters. The van der Waals surface area contributed by atoms with Gasteiger partial charge in [0.05, 0.1) is 0 Å². The van der Waals surface area contributed by atoms with Crippen LogP contribution in [0.3, 0.4) is 0 Å². The molecule has 72 valence electrons. The van der Waals surface area contributed by atoms with E-state index < -0.39 is 0 Å². The summed E-state index contributed by atoms with van der Waals surface area (Å²) < 4.78 is 0. The predicted octanol–water partition coefficient (Wildman–Crippen LogP) is 1.52. The molecule has 0 aromatic rings. The lowest BCUT2D eigenvalue weighted by Crippen LogP contribution is -2.43. The van der Waals surface area contributed by atoms with E-state index in [1.807, 2.05) is 0 Å². The molecule has 1 aliphatic rings. The van der Waals surface area contributed by atoms with Gasteiger partial charge in [0, 0.05) is 12.6 Å². The van der Waals surface area contributed by atoms with Crippen LogP contribution in [0.25, 0.3) is 0 Å².